The van der Waals surface area contributed by atoms with Gasteiger partial charge in [0, 0.05) is 11.9 Å². The van der Waals surface area contributed by atoms with Crippen molar-refractivity contribution in [3.05, 3.63) is 30.0 Å². The molecule has 1 amide bonds. The number of piperidine rings is 1. The van der Waals surface area contributed by atoms with E-state index in [1.807, 2.05) is 24.3 Å². The lowest BCUT2D eigenvalue weighted by Crippen LogP contribution is -2.38. The number of hydrogen-bond donors (Lipinski definition) is 2. The Balaban J connectivity index is 1.57. The van der Waals surface area contributed by atoms with E-state index in [0.29, 0.717) is 11.6 Å². The molecule has 2 N–H and O–H groups in total. The first kappa shape index (κ1) is 14.1. The third-order valence-corrected chi connectivity index (χ3v) is 4.39. The van der Waals surface area contributed by atoms with Crippen LogP contribution >= 0.6 is 0 Å². The number of rotatable bonds is 4. The van der Waals surface area contributed by atoms with Crippen molar-refractivity contribution in [1.82, 2.24) is 20.4 Å². The van der Waals surface area contributed by atoms with Gasteiger partial charge in [-0.05, 0) is 44.5 Å². The number of para-hydroxylation sites is 1. The van der Waals surface area contributed by atoms with E-state index in [9.17, 15) is 4.79 Å². The molecule has 112 valence electrons. The Bertz CT molecular complexity index is 614. The van der Waals surface area contributed by atoms with Gasteiger partial charge in [-0.15, -0.1) is 0 Å². The summed E-state index contributed by atoms with van der Waals surface area (Å²) in [7, 11) is 0. The second kappa shape index (κ2) is 6.26. The van der Waals surface area contributed by atoms with Gasteiger partial charge in [0.25, 0.3) is 5.91 Å². The smallest absolute Gasteiger partial charge is 0.272 e. The van der Waals surface area contributed by atoms with Crippen LogP contribution in [0.25, 0.3) is 10.9 Å². The highest BCUT2D eigenvalue weighted by atomic mass is 16.1. The van der Waals surface area contributed by atoms with Crippen molar-refractivity contribution in [3.63, 3.8) is 0 Å². The van der Waals surface area contributed by atoms with E-state index in [1.54, 1.807) is 0 Å². The Morgan fingerprint density at radius 1 is 1.38 bits per heavy atom. The summed E-state index contributed by atoms with van der Waals surface area (Å²) >= 11 is 0. The number of benzene rings is 1. The summed E-state index contributed by atoms with van der Waals surface area (Å²) in [6, 6.07) is 7.71. The zero-order valence-electron chi connectivity index (χ0n) is 12.4. The predicted octanol–water partition coefficient (Wildman–Crippen LogP) is 2.02. The second-order valence-electron chi connectivity index (χ2n) is 5.71. The number of hydrogen-bond acceptors (Lipinski definition) is 3. The van der Waals surface area contributed by atoms with Crippen molar-refractivity contribution in [2.45, 2.75) is 19.8 Å². The molecule has 1 aromatic heterocycles. The van der Waals surface area contributed by atoms with Crippen molar-refractivity contribution >= 4 is 16.8 Å². The predicted molar refractivity (Wildman–Crippen MR) is 83.3 cm³/mol. The van der Waals surface area contributed by atoms with Gasteiger partial charge in [-0.1, -0.05) is 25.1 Å². The summed E-state index contributed by atoms with van der Waals surface area (Å²) < 4.78 is 0. The number of H-pyrrole nitrogens is 1. The number of nitrogens with one attached hydrogen (secondary N) is 2. The molecule has 2 aromatic rings. The fraction of sp³-hybridized carbons (Fsp3) is 0.500. The van der Waals surface area contributed by atoms with Crippen LogP contribution in [0.3, 0.4) is 0 Å². The second-order valence-corrected chi connectivity index (χ2v) is 5.71. The van der Waals surface area contributed by atoms with Gasteiger partial charge in [0.2, 0.25) is 0 Å². The Morgan fingerprint density at radius 3 is 2.90 bits per heavy atom. The van der Waals surface area contributed by atoms with Crippen LogP contribution in [-0.2, 0) is 0 Å². The van der Waals surface area contributed by atoms with E-state index in [-0.39, 0.29) is 5.91 Å². The molecule has 1 aliphatic heterocycles. The molecule has 21 heavy (non-hydrogen) atoms. The molecule has 1 aliphatic rings. The topological polar surface area (TPSA) is 61.0 Å². The van der Waals surface area contributed by atoms with E-state index in [0.717, 1.165) is 49.9 Å². The highest BCUT2D eigenvalue weighted by Gasteiger charge is 2.20. The lowest BCUT2D eigenvalue weighted by Gasteiger charge is -2.30. The molecule has 0 atom stereocenters. The first-order valence-electron chi connectivity index (χ1n) is 7.71. The van der Waals surface area contributed by atoms with Gasteiger partial charge < -0.3 is 10.2 Å². The Labute approximate surface area is 124 Å². The van der Waals surface area contributed by atoms with Gasteiger partial charge in [-0.25, -0.2) is 0 Å². The van der Waals surface area contributed by atoms with Crippen LogP contribution in [0.1, 0.15) is 30.3 Å². The minimum atomic E-state index is -0.0784. The number of fused-ring (bicyclic) bond motifs is 1. The number of carbonyl (C=O) groups excluding carboxylic acids is 1. The number of likely N-dealkylation sites (tertiary alicyclic amines) is 1. The molecule has 0 spiro atoms. The third-order valence-electron chi connectivity index (χ3n) is 4.39. The van der Waals surface area contributed by atoms with Crippen molar-refractivity contribution in [2.75, 3.05) is 26.2 Å². The SMILES string of the molecule is CCN1CCC(CNC(=O)c2n[nH]c3ccccc23)CC1. The largest absolute Gasteiger partial charge is 0.350 e. The molecule has 0 unspecified atom stereocenters. The molecule has 0 radical (unpaired) electrons. The molecule has 1 fully saturated rings. The molecular weight excluding hydrogens is 264 g/mol. The first-order chi connectivity index (χ1) is 10.3. The van der Waals surface area contributed by atoms with Gasteiger partial charge in [-0.2, -0.15) is 5.10 Å². The van der Waals surface area contributed by atoms with Gasteiger partial charge in [-0.3, -0.25) is 9.89 Å². The van der Waals surface area contributed by atoms with Crippen LogP contribution < -0.4 is 5.32 Å². The monoisotopic (exact) mass is 286 g/mol. The molecule has 1 saturated heterocycles. The van der Waals surface area contributed by atoms with Crippen LogP contribution in [0.2, 0.25) is 0 Å². The van der Waals surface area contributed by atoms with Crippen LogP contribution in [0.15, 0.2) is 24.3 Å². The van der Waals surface area contributed by atoms with E-state index in [1.165, 1.54) is 0 Å². The maximum Gasteiger partial charge on any atom is 0.272 e. The minimum Gasteiger partial charge on any atom is -0.350 e. The summed E-state index contributed by atoms with van der Waals surface area (Å²) in [4.78, 5) is 14.7. The van der Waals surface area contributed by atoms with Crippen LogP contribution in [0, 0.1) is 5.92 Å². The Morgan fingerprint density at radius 2 is 2.14 bits per heavy atom. The standard InChI is InChI=1S/C16H22N4O/c1-2-20-9-7-12(8-10-20)11-17-16(21)15-13-5-3-4-6-14(13)18-19-15/h3-6,12H,2,7-11H2,1H3,(H,17,21)(H,18,19). The number of amides is 1. The quantitative estimate of drug-likeness (QED) is 0.904. The van der Waals surface area contributed by atoms with Crippen molar-refractivity contribution in [2.24, 2.45) is 5.92 Å². The average molecular weight is 286 g/mol. The van der Waals surface area contributed by atoms with Gasteiger partial charge >= 0.3 is 0 Å². The lowest BCUT2D eigenvalue weighted by molar-refractivity contribution is 0.0933. The van der Waals surface area contributed by atoms with Crippen molar-refractivity contribution < 1.29 is 4.79 Å². The minimum absolute atomic E-state index is 0.0784. The average Bonchev–Trinajstić information content (AvgIpc) is 2.97. The van der Waals surface area contributed by atoms with E-state index < -0.39 is 0 Å². The normalized spacial score (nSPS) is 17.2. The Kier molecular flexibility index (Phi) is 4.20. The maximum atomic E-state index is 12.3. The molecule has 0 bridgehead atoms. The van der Waals surface area contributed by atoms with Crippen LogP contribution in [0.4, 0.5) is 0 Å². The van der Waals surface area contributed by atoms with Crippen LogP contribution in [-0.4, -0.2) is 47.2 Å². The van der Waals surface area contributed by atoms with Crippen molar-refractivity contribution in [1.29, 1.82) is 0 Å². The number of carbonyl (C=O) groups is 1. The fourth-order valence-corrected chi connectivity index (χ4v) is 2.96. The van der Waals surface area contributed by atoms with E-state index >= 15 is 0 Å². The highest BCUT2D eigenvalue weighted by molar-refractivity contribution is 6.04. The summed E-state index contributed by atoms with van der Waals surface area (Å²) in [6.07, 6.45) is 2.32. The first-order valence-corrected chi connectivity index (χ1v) is 7.71. The van der Waals surface area contributed by atoms with Crippen LogP contribution in [0.5, 0.6) is 0 Å². The van der Waals surface area contributed by atoms with Gasteiger partial charge in [0.15, 0.2) is 5.69 Å². The van der Waals surface area contributed by atoms with Crippen molar-refractivity contribution in [3.8, 4) is 0 Å². The van der Waals surface area contributed by atoms with E-state index in [2.05, 4.69) is 27.3 Å². The maximum absolute atomic E-state index is 12.3. The van der Waals surface area contributed by atoms with Gasteiger partial charge in [0.05, 0.1) is 5.52 Å². The molecule has 1 aromatic carbocycles. The summed E-state index contributed by atoms with van der Waals surface area (Å²) in [5.41, 5.74) is 1.40. The zero-order chi connectivity index (χ0) is 14.7. The molecule has 5 heteroatoms. The van der Waals surface area contributed by atoms with E-state index in [4.69, 9.17) is 0 Å². The highest BCUT2D eigenvalue weighted by Crippen LogP contribution is 2.17. The molecular formula is C16H22N4O. The third kappa shape index (κ3) is 3.08. The summed E-state index contributed by atoms with van der Waals surface area (Å²) in [5, 5.41) is 11.0. The summed E-state index contributed by atoms with van der Waals surface area (Å²) in [6.45, 7) is 6.35. The number of aromatic nitrogens is 2. The molecule has 3 rings (SSSR count). The Hall–Kier alpha value is -1.88. The molecule has 5 nitrogen and oxygen atoms in total. The number of aromatic amines is 1. The molecule has 2 heterocycles. The van der Waals surface area contributed by atoms with Gasteiger partial charge in [0.1, 0.15) is 0 Å². The number of nitrogens with zero attached hydrogens (tertiary/aromatic N) is 2. The lowest BCUT2D eigenvalue weighted by atomic mass is 9.97. The zero-order valence-corrected chi connectivity index (χ0v) is 12.4. The summed E-state index contributed by atoms with van der Waals surface area (Å²) in [5.74, 6) is 0.507. The fourth-order valence-electron chi connectivity index (χ4n) is 2.96. The molecule has 0 aliphatic carbocycles. The molecule has 0 saturated carbocycles.